The number of esters is 1. The van der Waals surface area contributed by atoms with Gasteiger partial charge >= 0.3 is 12.1 Å². The van der Waals surface area contributed by atoms with Gasteiger partial charge in [0.2, 0.25) is 0 Å². The molecule has 120 valence electrons. The monoisotopic (exact) mass is 299 g/mol. The van der Waals surface area contributed by atoms with Gasteiger partial charge < -0.3 is 14.2 Å². The van der Waals surface area contributed by atoms with Crippen molar-refractivity contribution in [2.75, 3.05) is 13.2 Å². The Morgan fingerprint density at radius 3 is 2.52 bits per heavy atom. The van der Waals surface area contributed by atoms with Gasteiger partial charge in [0.05, 0.1) is 19.3 Å². The molecule has 1 atom stereocenters. The Labute approximate surface area is 126 Å². The van der Waals surface area contributed by atoms with E-state index in [9.17, 15) is 9.59 Å². The molecular weight excluding hydrogens is 274 g/mol. The van der Waals surface area contributed by atoms with Gasteiger partial charge in [-0.2, -0.15) is 0 Å². The molecule has 6 heteroatoms. The Bertz CT molecular complexity index is 422. The average molecular weight is 299 g/mol. The van der Waals surface area contributed by atoms with Crippen molar-refractivity contribution < 1.29 is 23.8 Å². The summed E-state index contributed by atoms with van der Waals surface area (Å²) in [6, 6.07) is -0.362. The van der Waals surface area contributed by atoms with Crippen molar-refractivity contribution in [2.24, 2.45) is 0 Å². The van der Waals surface area contributed by atoms with E-state index in [0.29, 0.717) is 13.2 Å². The van der Waals surface area contributed by atoms with E-state index < -0.39 is 23.4 Å². The van der Waals surface area contributed by atoms with Gasteiger partial charge in [0.15, 0.2) is 0 Å². The van der Waals surface area contributed by atoms with Crippen LogP contribution >= 0.6 is 0 Å². The first-order valence-corrected chi connectivity index (χ1v) is 7.08. The fourth-order valence-electron chi connectivity index (χ4n) is 2.02. The fourth-order valence-corrected chi connectivity index (χ4v) is 2.02. The van der Waals surface area contributed by atoms with Gasteiger partial charge in [0.1, 0.15) is 11.3 Å². The number of ether oxygens (including phenoxy) is 3. The molecule has 1 unspecified atom stereocenters. The van der Waals surface area contributed by atoms with Gasteiger partial charge in [-0.25, -0.2) is 9.59 Å². The minimum absolute atomic E-state index is 0.308. The molecule has 0 spiro atoms. The van der Waals surface area contributed by atoms with E-state index >= 15 is 0 Å². The second-order valence-corrected chi connectivity index (χ2v) is 6.29. The van der Waals surface area contributed by atoms with Crippen LogP contribution in [0.1, 0.15) is 41.5 Å². The zero-order valence-electron chi connectivity index (χ0n) is 13.6. The molecule has 1 aliphatic heterocycles. The van der Waals surface area contributed by atoms with E-state index in [-0.39, 0.29) is 6.04 Å². The zero-order chi connectivity index (χ0) is 16.3. The molecule has 21 heavy (non-hydrogen) atoms. The molecule has 1 aliphatic rings. The van der Waals surface area contributed by atoms with Crippen LogP contribution in [-0.4, -0.2) is 47.5 Å². The summed E-state index contributed by atoms with van der Waals surface area (Å²) in [6.07, 6.45) is 2.45. The highest BCUT2D eigenvalue weighted by Gasteiger charge is 2.44. The summed E-state index contributed by atoms with van der Waals surface area (Å²) < 4.78 is 15.8. The zero-order valence-corrected chi connectivity index (χ0v) is 13.6. The molecule has 6 nitrogen and oxygen atoms in total. The van der Waals surface area contributed by atoms with Crippen molar-refractivity contribution in [1.82, 2.24) is 4.90 Å². The van der Waals surface area contributed by atoms with Gasteiger partial charge in [0, 0.05) is 6.08 Å². The second kappa shape index (κ2) is 6.47. The number of nitrogens with zero attached hydrogens (tertiary/aromatic N) is 1. The van der Waals surface area contributed by atoms with Crippen LogP contribution in [-0.2, 0) is 19.0 Å². The van der Waals surface area contributed by atoms with E-state index in [0.717, 1.165) is 0 Å². The summed E-state index contributed by atoms with van der Waals surface area (Å²) in [5.41, 5.74) is -1.38. The van der Waals surface area contributed by atoms with E-state index in [2.05, 4.69) is 0 Å². The van der Waals surface area contributed by atoms with Crippen LogP contribution in [0.5, 0.6) is 0 Å². The molecule has 0 saturated carbocycles. The van der Waals surface area contributed by atoms with Crippen LogP contribution in [0.25, 0.3) is 0 Å². The first-order chi connectivity index (χ1) is 9.57. The van der Waals surface area contributed by atoms with Gasteiger partial charge in [-0.05, 0) is 41.5 Å². The largest absolute Gasteiger partial charge is 0.463 e. The molecule has 0 N–H and O–H groups in total. The second-order valence-electron chi connectivity index (χ2n) is 6.29. The molecule has 1 heterocycles. The molecule has 0 bridgehead atoms. The fraction of sp³-hybridized carbons (Fsp3) is 0.733. The summed E-state index contributed by atoms with van der Waals surface area (Å²) in [5.74, 6) is -0.439. The summed E-state index contributed by atoms with van der Waals surface area (Å²) >= 11 is 0. The molecular formula is C15H25NO5. The summed E-state index contributed by atoms with van der Waals surface area (Å²) in [5, 5.41) is 0. The van der Waals surface area contributed by atoms with Crippen molar-refractivity contribution in [2.45, 2.75) is 58.9 Å². The van der Waals surface area contributed by atoms with Crippen LogP contribution in [0.15, 0.2) is 12.2 Å². The lowest BCUT2D eigenvalue weighted by Gasteiger charge is -2.34. The number of hydrogen-bond acceptors (Lipinski definition) is 5. The van der Waals surface area contributed by atoms with Crippen molar-refractivity contribution >= 4 is 12.1 Å². The Kier molecular flexibility index (Phi) is 5.39. The van der Waals surface area contributed by atoms with E-state index in [1.807, 2.05) is 0 Å². The third kappa shape index (κ3) is 5.04. The molecule has 1 fully saturated rings. The third-order valence-corrected chi connectivity index (χ3v) is 2.85. The average Bonchev–Trinajstić information content (AvgIpc) is 2.60. The van der Waals surface area contributed by atoms with Crippen LogP contribution in [0.2, 0.25) is 0 Å². The molecule has 1 saturated heterocycles. The van der Waals surface area contributed by atoms with E-state index in [4.69, 9.17) is 14.2 Å². The van der Waals surface area contributed by atoms with Crippen molar-refractivity contribution in [3.63, 3.8) is 0 Å². The minimum Gasteiger partial charge on any atom is -0.463 e. The lowest BCUT2D eigenvalue weighted by molar-refractivity contribution is -0.137. The maximum Gasteiger partial charge on any atom is 0.413 e. The molecule has 1 rings (SSSR count). The topological polar surface area (TPSA) is 65.1 Å². The molecule has 0 radical (unpaired) electrons. The van der Waals surface area contributed by atoms with Crippen LogP contribution < -0.4 is 0 Å². The first-order valence-electron chi connectivity index (χ1n) is 7.08. The maximum absolute atomic E-state index is 12.3. The SMILES string of the molecule is CCOC(=O)C=CC1COC(C)(C)N1C(=O)OC(C)(C)C. The Morgan fingerprint density at radius 2 is 2.00 bits per heavy atom. The maximum atomic E-state index is 12.3. The number of carbonyl (C=O) groups is 2. The van der Waals surface area contributed by atoms with E-state index in [1.165, 1.54) is 11.0 Å². The van der Waals surface area contributed by atoms with Crippen molar-refractivity contribution in [3.8, 4) is 0 Å². The number of hydrogen-bond donors (Lipinski definition) is 0. The van der Waals surface area contributed by atoms with Crippen molar-refractivity contribution in [1.29, 1.82) is 0 Å². The Balaban J connectivity index is 2.84. The van der Waals surface area contributed by atoms with Crippen molar-refractivity contribution in [3.05, 3.63) is 12.2 Å². The van der Waals surface area contributed by atoms with Crippen LogP contribution in [0.4, 0.5) is 4.79 Å². The van der Waals surface area contributed by atoms with Crippen LogP contribution in [0.3, 0.4) is 0 Å². The van der Waals surface area contributed by atoms with Gasteiger partial charge in [-0.1, -0.05) is 6.08 Å². The predicted molar refractivity (Wildman–Crippen MR) is 77.7 cm³/mol. The molecule has 0 aromatic carbocycles. The molecule has 0 aromatic heterocycles. The standard InChI is InChI=1S/C15H25NO5/c1-7-19-12(17)9-8-11-10-20-15(5,6)16(11)13(18)21-14(2,3)4/h8-9,11H,7,10H2,1-6H3. The van der Waals surface area contributed by atoms with Gasteiger partial charge in [0.25, 0.3) is 0 Å². The Hall–Kier alpha value is -1.56. The summed E-state index contributed by atoms with van der Waals surface area (Å²) in [6.45, 7) is 11.3. The quantitative estimate of drug-likeness (QED) is 0.591. The smallest absolute Gasteiger partial charge is 0.413 e. The highest BCUT2D eigenvalue weighted by Crippen LogP contribution is 2.29. The highest BCUT2D eigenvalue weighted by atomic mass is 16.6. The molecule has 0 aromatic rings. The number of rotatable bonds is 3. The summed E-state index contributed by atoms with van der Waals surface area (Å²) in [7, 11) is 0. The first kappa shape index (κ1) is 17.5. The number of amides is 1. The minimum atomic E-state index is -0.786. The van der Waals surface area contributed by atoms with Gasteiger partial charge in [-0.3, -0.25) is 4.90 Å². The number of carbonyl (C=O) groups excluding carboxylic acids is 2. The molecule has 0 aliphatic carbocycles. The van der Waals surface area contributed by atoms with Crippen LogP contribution in [0, 0.1) is 0 Å². The van der Waals surface area contributed by atoms with E-state index in [1.54, 1.807) is 47.6 Å². The third-order valence-electron chi connectivity index (χ3n) is 2.85. The lowest BCUT2D eigenvalue weighted by Crippen LogP contribution is -2.49. The normalized spacial score (nSPS) is 21.6. The Morgan fingerprint density at radius 1 is 1.38 bits per heavy atom. The molecule has 1 amide bonds. The highest BCUT2D eigenvalue weighted by molar-refractivity contribution is 5.82. The van der Waals surface area contributed by atoms with Gasteiger partial charge in [-0.15, -0.1) is 0 Å². The predicted octanol–water partition coefficient (Wildman–Crippen LogP) is 2.48. The lowest BCUT2D eigenvalue weighted by atomic mass is 10.2. The summed E-state index contributed by atoms with van der Waals surface area (Å²) in [4.78, 5) is 25.2.